The molecule has 1 aromatic heterocycles. The molecule has 0 amide bonds. The lowest BCUT2D eigenvalue weighted by Gasteiger charge is -2.34. The molecule has 0 saturated carbocycles. The number of nitrogens with zero attached hydrogens (tertiary/aromatic N) is 1. The molecular weight excluding hydrogens is 326 g/mol. The summed E-state index contributed by atoms with van der Waals surface area (Å²) in [6.45, 7) is 1.83. The van der Waals surface area contributed by atoms with Gasteiger partial charge in [0.1, 0.15) is 17.7 Å². The van der Waals surface area contributed by atoms with Gasteiger partial charge in [-0.3, -0.25) is 9.69 Å². The number of aliphatic hydroxyl groups excluding tert-OH is 1. The molecule has 130 valence electrons. The second-order valence-corrected chi connectivity index (χ2v) is 6.24. The van der Waals surface area contributed by atoms with Crippen LogP contribution in [0.4, 0.5) is 17.2 Å². The van der Waals surface area contributed by atoms with Gasteiger partial charge in [-0.25, -0.2) is 0 Å². The topological polar surface area (TPSA) is 68.4 Å². The van der Waals surface area contributed by atoms with Crippen LogP contribution in [0.1, 0.15) is 17.4 Å². The highest BCUT2D eigenvalue weighted by molar-refractivity contribution is 5.73. The summed E-state index contributed by atoms with van der Waals surface area (Å²) >= 11 is 0. The van der Waals surface area contributed by atoms with Gasteiger partial charge in [-0.1, -0.05) is 36.4 Å². The number of hydrogen-bond donors (Lipinski definition) is 3. The zero-order valence-electron chi connectivity index (χ0n) is 14.3. The van der Waals surface area contributed by atoms with E-state index < -0.39 is 6.10 Å². The van der Waals surface area contributed by atoms with E-state index in [2.05, 4.69) is 10.3 Å². The number of aromatic amines is 1. The molecule has 2 aromatic carbocycles. The molecular formula is C21H19N3O2. The molecule has 5 nitrogen and oxygen atoms in total. The second kappa shape index (κ2) is 6.54. The Bertz CT molecular complexity index is 1010. The van der Waals surface area contributed by atoms with Crippen LogP contribution in [0.5, 0.6) is 0 Å². The van der Waals surface area contributed by atoms with Crippen molar-refractivity contribution in [2.24, 2.45) is 0 Å². The number of pyridine rings is 1. The maximum atomic E-state index is 12.5. The van der Waals surface area contributed by atoms with Gasteiger partial charge < -0.3 is 15.4 Å². The molecule has 3 N–H and O–H groups in total. The van der Waals surface area contributed by atoms with E-state index in [1.54, 1.807) is 6.08 Å². The number of anilines is 3. The van der Waals surface area contributed by atoms with Crippen molar-refractivity contribution in [3.63, 3.8) is 0 Å². The lowest BCUT2D eigenvalue weighted by molar-refractivity contribution is 0.224. The summed E-state index contributed by atoms with van der Waals surface area (Å²) in [5, 5.41) is 13.9. The summed E-state index contributed by atoms with van der Waals surface area (Å²) in [6.07, 6.45) is 0.674. The summed E-state index contributed by atoms with van der Waals surface area (Å²) in [5.41, 5.74) is 2.68. The molecule has 5 heteroatoms. The third kappa shape index (κ3) is 2.89. The Balaban J connectivity index is 1.89. The first kappa shape index (κ1) is 16.2. The monoisotopic (exact) mass is 345 g/mol. The van der Waals surface area contributed by atoms with Crippen LogP contribution in [0.25, 0.3) is 0 Å². The van der Waals surface area contributed by atoms with Crippen molar-refractivity contribution in [1.29, 1.82) is 0 Å². The van der Waals surface area contributed by atoms with Gasteiger partial charge in [0.25, 0.3) is 0 Å². The van der Waals surface area contributed by atoms with Gasteiger partial charge in [0.15, 0.2) is 5.43 Å². The van der Waals surface area contributed by atoms with Gasteiger partial charge in [-0.2, -0.15) is 0 Å². The highest BCUT2D eigenvalue weighted by Gasteiger charge is 2.29. The largest absolute Gasteiger partial charge is 0.384 e. The summed E-state index contributed by atoms with van der Waals surface area (Å²) in [5.74, 6) is 1.26. The SMILES string of the molecule is Cc1cc(=O)c2c([nH]1)N(c1ccccc1)C(Nc1ccccc1)=CC2O. The lowest BCUT2D eigenvalue weighted by atomic mass is 10.0. The summed E-state index contributed by atoms with van der Waals surface area (Å²) < 4.78 is 0. The minimum Gasteiger partial charge on any atom is -0.384 e. The van der Waals surface area contributed by atoms with Gasteiger partial charge in [-0.05, 0) is 37.3 Å². The third-order valence-electron chi connectivity index (χ3n) is 4.32. The number of para-hydroxylation sites is 2. The first-order valence-corrected chi connectivity index (χ1v) is 8.44. The quantitative estimate of drug-likeness (QED) is 0.675. The van der Waals surface area contributed by atoms with Crippen molar-refractivity contribution in [1.82, 2.24) is 4.98 Å². The van der Waals surface area contributed by atoms with E-state index in [1.165, 1.54) is 6.07 Å². The first-order chi connectivity index (χ1) is 12.6. The summed E-state index contributed by atoms with van der Waals surface area (Å²) in [4.78, 5) is 17.6. The fourth-order valence-corrected chi connectivity index (χ4v) is 3.18. The van der Waals surface area contributed by atoms with Crippen LogP contribution in [0.15, 0.2) is 83.4 Å². The Morgan fingerprint density at radius 1 is 1.04 bits per heavy atom. The predicted molar refractivity (Wildman–Crippen MR) is 103 cm³/mol. The van der Waals surface area contributed by atoms with Gasteiger partial charge in [0.05, 0.1) is 5.56 Å². The molecule has 3 aromatic rings. The van der Waals surface area contributed by atoms with Crippen molar-refractivity contribution in [2.45, 2.75) is 13.0 Å². The van der Waals surface area contributed by atoms with Crippen LogP contribution < -0.4 is 15.6 Å². The maximum Gasteiger partial charge on any atom is 0.190 e. The fourth-order valence-electron chi connectivity index (χ4n) is 3.18. The van der Waals surface area contributed by atoms with Crippen LogP contribution >= 0.6 is 0 Å². The van der Waals surface area contributed by atoms with Gasteiger partial charge >= 0.3 is 0 Å². The van der Waals surface area contributed by atoms with Gasteiger partial charge in [0, 0.05) is 23.1 Å². The minimum atomic E-state index is -0.986. The average Bonchev–Trinajstić information content (AvgIpc) is 2.62. The Hall–Kier alpha value is -3.31. The number of rotatable bonds is 3. The number of fused-ring (bicyclic) bond motifs is 1. The number of aromatic nitrogens is 1. The molecule has 0 spiro atoms. The van der Waals surface area contributed by atoms with Crippen LogP contribution in [-0.4, -0.2) is 10.1 Å². The Kier molecular flexibility index (Phi) is 4.07. The number of aryl methyl sites for hydroxylation is 1. The number of H-pyrrole nitrogens is 1. The molecule has 1 aliphatic rings. The molecule has 1 unspecified atom stereocenters. The molecule has 2 heterocycles. The van der Waals surface area contributed by atoms with Crippen LogP contribution in [0.2, 0.25) is 0 Å². The minimum absolute atomic E-state index is 0.181. The third-order valence-corrected chi connectivity index (χ3v) is 4.32. The van der Waals surface area contributed by atoms with E-state index in [1.807, 2.05) is 72.5 Å². The van der Waals surface area contributed by atoms with Crippen molar-refractivity contribution in [2.75, 3.05) is 10.2 Å². The molecule has 0 aliphatic carbocycles. The summed E-state index contributed by atoms with van der Waals surface area (Å²) in [7, 11) is 0. The Morgan fingerprint density at radius 2 is 1.69 bits per heavy atom. The average molecular weight is 345 g/mol. The molecule has 26 heavy (non-hydrogen) atoms. The van der Waals surface area contributed by atoms with E-state index >= 15 is 0 Å². The van der Waals surface area contributed by atoms with Gasteiger partial charge in [-0.15, -0.1) is 0 Å². The maximum absolute atomic E-state index is 12.5. The molecule has 1 atom stereocenters. The van der Waals surface area contributed by atoms with Crippen LogP contribution in [-0.2, 0) is 0 Å². The first-order valence-electron chi connectivity index (χ1n) is 8.44. The highest BCUT2D eigenvalue weighted by atomic mass is 16.3. The fraction of sp³-hybridized carbons (Fsp3) is 0.0952. The van der Waals surface area contributed by atoms with E-state index in [0.29, 0.717) is 17.2 Å². The van der Waals surface area contributed by atoms with E-state index in [9.17, 15) is 9.90 Å². The molecule has 0 radical (unpaired) electrons. The Labute approximate surface area is 151 Å². The second-order valence-electron chi connectivity index (χ2n) is 6.24. The highest BCUT2D eigenvalue weighted by Crippen LogP contribution is 2.37. The molecule has 0 bridgehead atoms. The number of benzene rings is 2. The zero-order valence-corrected chi connectivity index (χ0v) is 14.3. The number of aliphatic hydroxyl groups is 1. The predicted octanol–water partition coefficient (Wildman–Crippen LogP) is 3.82. The smallest absolute Gasteiger partial charge is 0.190 e. The van der Waals surface area contributed by atoms with E-state index in [-0.39, 0.29) is 5.43 Å². The number of hydrogen-bond acceptors (Lipinski definition) is 4. The standard InChI is InChI=1S/C21H19N3O2/c1-14-12-17(25)20-18(26)13-19(23-15-8-4-2-5-9-15)24(21(20)22-14)16-10-6-3-7-11-16/h2-13,18,23,26H,1H3,(H,22,25). The van der Waals surface area contributed by atoms with Crippen molar-refractivity contribution < 1.29 is 5.11 Å². The molecule has 1 aliphatic heterocycles. The molecule has 0 fully saturated rings. The van der Waals surface area contributed by atoms with E-state index in [0.717, 1.165) is 17.1 Å². The van der Waals surface area contributed by atoms with Crippen molar-refractivity contribution in [3.8, 4) is 0 Å². The van der Waals surface area contributed by atoms with Crippen LogP contribution in [0, 0.1) is 6.92 Å². The van der Waals surface area contributed by atoms with Crippen molar-refractivity contribution in [3.05, 3.63) is 100 Å². The number of nitrogens with one attached hydrogen (secondary N) is 2. The normalized spacial score (nSPS) is 16.0. The molecule has 0 saturated heterocycles. The van der Waals surface area contributed by atoms with Crippen LogP contribution in [0.3, 0.4) is 0 Å². The van der Waals surface area contributed by atoms with Gasteiger partial charge in [0.2, 0.25) is 0 Å². The summed E-state index contributed by atoms with van der Waals surface area (Å²) in [6, 6.07) is 21.0. The Morgan fingerprint density at radius 3 is 2.38 bits per heavy atom. The zero-order chi connectivity index (χ0) is 18.1. The van der Waals surface area contributed by atoms with Crippen molar-refractivity contribution >= 4 is 17.2 Å². The lowest BCUT2D eigenvalue weighted by Crippen LogP contribution is -2.32. The van der Waals surface area contributed by atoms with E-state index in [4.69, 9.17) is 0 Å². The molecule has 4 rings (SSSR count).